The molecule has 0 aliphatic heterocycles. The van der Waals surface area contributed by atoms with Crippen molar-refractivity contribution in [1.29, 1.82) is 0 Å². The molecule has 6 heteroatoms. The van der Waals surface area contributed by atoms with Gasteiger partial charge in [-0.25, -0.2) is 10.4 Å². The third kappa shape index (κ3) is 3.06. The van der Waals surface area contributed by atoms with Gasteiger partial charge in [0.1, 0.15) is 5.76 Å². The number of aromatic amines is 1. The van der Waals surface area contributed by atoms with E-state index in [4.69, 9.17) is 4.42 Å². The van der Waals surface area contributed by atoms with Crippen molar-refractivity contribution in [3.8, 4) is 0 Å². The predicted molar refractivity (Wildman–Crippen MR) is 99.0 cm³/mol. The number of fused-ring (bicyclic) bond motifs is 1. The average molecular weight is 333 g/mol. The maximum atomic E-state index is 5.45. The van der Waals surface area contributed by atoms with E-state index in [2.05, 4.69) is 45.0 Å². The average Bonchev–Trinajstić information content (AvgIpc) is 3.31. The lowest BCUT2D eigenvalue weighted by Gasteiger charge is -2.07. The molecule has 0 bridgehead atoms. The van der Waals surface area contributed by atoms with E-state index in [1.807, 2.05) is 42.6 Å². The number of benzene rings is 1. The molecule has 25 heavy (non-hydrogen) atoms. The van der Waals surface area contributed by atoms with Crippen molar-refractivity contribution in [3.63, 3.8) is 0 Å². The number of H-pyrrole nitrogens is 1. The number of nitrogens with zero attached hydrogens (tertiary/aromatic N) is 3. The molecule has 0 radical (unpaired) electrons. The van der Waals surface area contributed by atoms with Gasteiger partial charge < -0.3 is 14.0 Å². The van der Waals surface area contributed by atoms with Crippen molar-refractivity contribution in [2.45, 2.75) is 20.4 Å². The molecule has 3 aromatic heterocycles. The Balaban J connectivity index is 1.51. The van der Waals surface area contributed by atoms with E-state index in [1.54, 1.807) is 6.26 Å². The fraction of sp³-hybridized carbons (Fsp3) is 0.158. The van der Waals surface area contributed by atoms with Gasteiger partial charge in [0.25, 0.3) is 0 Å². The Morgan fingerprint density at radius 3 is 2.92 bits per heavy atom. The number of aryl methyl sites for hydroxylation is 1. The quantitative estimate of drug-likeness (QED) is 0.427. The molecule has 0 amide bonds. The highest BCUT2D eigenvalue weighted by Gasteiger charge is 2.09. The molecule has 0 saturated heterocycles. The second kappa shape index (κ2) is 6.32. The number of imidazole rings is 1. The summed E-state index contributed by atoms with van der Waals surface area (Å²) in [5, 5.41) is 4.31. The van der Waals surface area contributed by atoms with Gasteiger partial charge in [-0.15, -0.1) is 0 Å². The van der Waals surface area contributed by atoms with Gasteiger partial charge in [0.2, 0.25) is 5.95 Å². The van der Waals surface area contributed by atoms with Crippen molar-refractivity contribution >= 4 is 23.2 Å². The van der Waals surface area contributed by atoms with E-state index < -0.39 is 0 Å². The summed E-state index contributed by atoms with van der Waals surface area (Å²) in [5.41, 5.74) is 8.23. The Bertz CT molecular complexity index is 991. The van der Waals surface area contributed by atoms with Gasteiger partial charge >= 0.3 is 0 Å². The number of rotatable bonds is 5. The highest BCUT2D eigenvalue weighted by molar-refractivity contribution is 5.82. The molecule has 0 aliphatic carbocycles. The molecule has 0 fully saturated rings. The standard InChI is InChI=1S/C19H19N5O/c1-13-10-15(14(2)24(13)12-16-6-5-9-25-16)11-20-23-19-21-17-7-3-4-8-18(17)22-19/h3-11H,12H2,1-2H3,(H2,21,22,23)/b20-11+. The number of hydrogen-bond donors (Lipinski definition) is 2. The molecule has 3 heterocycles. The van der Waals surface area contributed by atoms with Gasteiger partial charge in [0, 0.05) is 17.0 Å². The van der Waals surface area contributed by atoms with Crippen LogP contribution in [0.2, 0.25) is 0 Å². The van der Waals surface area contributed by atoms with E-state index in [-0.39, 0.29) is 0 Å². The first-order valence-electron chi connectivity index (χ1n) is 8.13. The highest BCUT2D eigenvalue weighted by Crippen LogP contribution is 2.17. The lowest BCUT2D eigenvalue weighted by atomic mass is 10.3. The number of hydrogen-bond acceptors (Lipinski definition) is 4. The minimum absolute atomic E-state index is 0.627. The van der Waals surface area contributed by atoms with Crippen LogP contribution in [0.4, 0.5) is 5.95 Å². The molecular formula is C19H19N5O. The van der Waals surface area contributed by atoms with Gasteiger partial charge in [-0.3, -0.25) is 0 Å². The van der Waals surface area contributed by atoms with Crippen LogP contribution in [0.1, 0.15) is 22.7 Å². The lowest BCUT2D eigenvalue weighted by molar-refractivity contribution is 0.489. The van der Waals surface area contributed by atoms with Crippen molar-refractivity contribution in [2.75, 3.05) is 5.43 Å². The summed E-state index contributed by atoms with van der Waals surface area (Å²) >= 11 is 0. The zero-order chi connectivity index (χ0) is 17.2. The minimum Gasteiger partial charge on any atom is -0.467 e. The van der Waals surface area contributed by atoms with Gasteiger partial charge in [0.05, 0.1) is 30.1 Å². The Morgan fingerprint density at radius 2 is 2.12 bits per heavy atom. The van der Waals surface area contributed by atoms with Gasteiger partial charge in [-0.05, 0) is 44.2 Å². The van der Waals surface area contributed by atoms with Crippen LogP contribution in [0, 0.1) is 13.8 Å². The van der Waals surface area contributed by atoms with Crippen LogP contribution in [-0.2, 0) is 6.54 Å². The topological polar surface area (TPSA) is 71.1 Å². The fourth-order valence-electron chi connectivity index (χ4n) is 2.93. The number of furan rings is 1. The molecule has 6 nitrogen and oxygen atoms in total. The normalized spacial score (nSPS) is 11.6. The summed E-state index contributed by atoms with van der Waals surface area (Å²) in [6.45, 7) is 4.88. The molecule has 0 atom stereocenters. The summed E-state index contributed by atoms with van der Waals surface area (Å²) in [7, 11) is 0. The highest BCUT2D eigenvalue weighted by atomic mass is 16.3. The third-order valence-corrected chi connectivity index (χ3v) is 4.27. The van der Waals surface area contributed by atoms with Crippen molar-refractivity contribution in [1.82, 2.24) is 14.5 Å². The summed E-state index contributed by atoms with van der Waals surface area (Å²) in [4.78, 5) is 7.63. The summed E-state index contributed by atoms with van der Waals surface area (Å²) < 4.78 is 7.65. The Labute approximate surface area is 145 Å². The van der Waals surface area contributed by atoms with E-state index >= 15 is 0 Å². The van der Waals surface area contributed by atoms with Crippen LogP contribution < -0.4 is 5.43 Å². The zero-order valence-corrected chi connectivity index (χ0v) is 14.2. The molecule has 4 aromatic rings. The number of aromatic nitrogens is 3. The third-order valence-electron chi connectivity index (χ3n) is 4.27. The summed E-state index contributed by atoms with van der Waals surface area (Å²) in [6.07, 6.45) is 3.51. The molecule has 0 unspecified atom stereocenters. The number of para-hydroxylation sites is 2. The summed E-state index contributed by atoms with van der Waals surface area (Å²) in [5.74, 6) is 1.56. The number of anilines is 1. The van der Waals surface area contributed by atoms with Crippen LogP contribution in [0.25, 0.3) is 11.0 Å². The lowest BCUT2D eigenvalue weighted by Crippen LogP contribution is -2.03. The predicted octanol–water partition coefficient (Wildman–Crippen LogP) is 4.07. The monoisotopic (exact) mass is 333 g/mol. The van der Waals surface area contributed by atoms with Gasteiger partial charge in [0.15, 0.2) is 0 Å². The Morgan fingerprint density at radius 1 is 1.24 bits per heavy atom. The molecule has 0 saturated carbocycles. The van der Waals surface area contributed by atoms with Crippen LogP contribution in [0.3, 0.4) is 0 Å². The maximum absolute atomic E-state index is 5.45. The first-order chi connectivity index (χ1) is 12.2. The largest absolute Gasteiger partial charge is 0.467 e. The maximum Gasteiger partial charge on any atom is 0.222 e. The Kier molecular flexibility index (Phi) is 3.85. The van der Waals surface area contributed by atoms with Gasteiger partial charge in [-0.2, -0.15) is 5.10 Å². The van der Waals surface area contributed by atoms with Crippen molar-refractivity contribution < 1.29 is 4.42 Å². The molecule has 1 aromatic carbocycles. The smallest absolute Gasteiger partial charge is 0.222 e. The minimum atomic E-state index is 0.627. The molecule has 126 valence electrons. The Hall–Kier alpha value is -3.28. The molecule has 0 spiro atoms. The van der Waals surface area contributed by atoms with Crippen molar-refractivity contribution in [3.05, 3.63) is 71.4 Å². The number of hydrazone groups is 1. The van der Waals surface area contributed by atoms with Crippen LogP contribution >= 0.6 is 0 Å². The first kappa shape index (κ1) is 15.3. The van der Waals surface area contributed by atoms with E-state index in [0.29, 0.717) is 5.95 Å². The molecular weight excluding hydrogens is 314 g/mol. The second-order valence-electron chi connectivity index (χ2n) is 5.96. The van der Waals surface area contributed by atoms with Gasteiger partial charge in [-0.1, -0.05) is 12.1 Å². The molecule has 0 aliphatic rings. The molecule has 4 rings (SSSR count). The first-order valence-corrected chi connectivity index (χ1v) is 8.13. The van der Waals surface area contributed by atoms with Crippen LogP contribution in [-0.4, -0.2) is 20.7 Å². The zero-order valence-electron chi connectivity index (χ0n) is 14.2. The number of nitrogens with one attached hydrogen (secondary N) is 2. The fourth-order valence-corrected chi connectivity index (χ4v) is 2.93. The van der Waals surface area contributed by atoms with E-state index in [0.717, 1.165) is 34.6 Å². The van der Waals surface area contributed by atoms with E-state index in [9.17, 15) is 0 Å². The van der Waals surface area contributed by atoms with Crippen LogP contribution in [0.5, 0.6) is 0 Å². The van der Waals surface area contributed by atoms with E-state index in [1.165, 1.54) is 5.69 Å². The molecule has 2 N–H and O–H groups in total. The SMILES string of the molecule is Cc1cc(/C=N/Nc2nc3ccccc3[nH]2)c(C)n1Cc1ccco1. The second-order valence-corrected chi connectivity index (χ2v) is 5.96. The summed E-state index contributed by atoms with van der Waals surface area (Å²) in [6, 6.07) is 13.9. The van der Waals surface area contributed by atoms with Crippen LogP contribution in [0.15, 0.2) is 58.2 Å². The van der Waals surface area contributed by atoms with Crippen molar-refractivity contribution in [2.24, 2.45) is 5.10 Å².